The molecule has 1 aromatic heterocycles. The minimum atomic E-state index is -0.728. The number of hydrogen-bond acceptors (Lipinski definition) is 6. The Balaban J connectivity index is 1.39. The number of benzene rings is 3. The van der Waals surface area contributed by atoms with E-state index < -0.39 is 12.3 Å². The highest BCUT2D eigenvalue weighted by Gasteiger charge is 2.25. The number of fused-ring (bicyclic) bond motifs is 2. The van der Waals surface area contributed by atoms with Crippen molar-refractivity contribution in [3.63, 3.8) is 0 Å². The molecule has 1 aliphatic heterocycles. The molecule has 1 atom stereocenters. The molecule has 0 fully saturated rings. The minimum Gasteiger partial charge on any atom is -0.460 e. The van der Waals surface area contributed by atoms with Gasteiger partial charge in [0.05, 0.1) is 12.0 Å². The standard InChI is InChI=1S/C25H17BrO6/c26-18-10-16(23-17(11-18)14-30-25(32-23)15-6-2-1-3-7-15)13-29-24(28)22-12-20(27)19-8-4-5-9-21(19)31-22/h1-12,25H,13-14H2/t25-/m1/s1. The van der Waals surface area contributed by atoms with E-state index in [0.717, 1.165) is 21.7 Å². The Morgan fingerprint density at radius 3 is 2.66 bits per heavy atom. The number of ether oxygens (including phenoxy) is 3. The van der Waals surface area contributed by atoms with E-state index >= 15 is 0 Å². The zero-order chi connectivity index (χ0) is 22.1. The summed E-state index contributed by atoms with van der Waals surface area (Å²) in [6.07, 6.45) is -0.558. The van der Waals surface area contributed by atoms with Crippen molar-refractivity contribution in [2.24, 2.45) is 0 Å². The Morgan fingerprint density at radius 2 is 1.81 bits per heavy atom. The van der Waals surface area contributed by atoms with Crippen molar-refractivity contribution in [3.8, 4) is 5.75 Å². The van der Waals surface area contributed by atoms with Gasteiger partial charge in [0, 0.05) is 27.2 Å². The number of esters is 1. The van der Waals surface area contributed by atoms with Gasteiger partial charge >= 0.3 is 5.97 Å². The van der Waals surface area contributed by atoms with Crippen LogP contribution >= 0.6 is 15.9 Å². The molecule has 0 saturated carbocycles. The minimum absolute atomic E-state index is 0.0569. The Morgan fingerprint density at radius 1 is 1.03 bits per heavy atom. The van der Waals surface area contributed by atoms with Crippen LogP contribution in [0.3, 0.4) is 0 Å². The molecule has 0 saturated heterocycles. The molecule has 32 heavy (non-hydrogen) atoms. The third-order valence-corrected chi connectivity index (χ3v) is 5.55. The average molecular weight is 493 g/mol. The second-order valence-electron chi connectivity index (χ2n) is 7.27. The molecular formula is C25H17BrO6. The summed E-state index contributed by atoms with van der Waals surface area (Å²) >= 11 is 3.48. The number of rotatable bonds is 4. The first-order valence-electron chi connectivity index (χ1n) is 9.93. The lowest BCUT2D eigenvalue weighted by Crippen LogP contribution is -2.19. The van der Waals surface area contributed by atoms with E-state index in [1.807, 2.05) is 42.5 Å². The molecular weight excluding hydrogens is 476 g/mol. The highest BCUT2D eigenvalue weighted by atomic mass is 79.9. The third kappa shape index (κ3) is 4.04. The molecule has 6 nitrogen and oxygen atoms in total. The quantitative estimate of drug-likeness (QED) is 0.349. The summed E-state index contributed by atoms with van der Waals surface area (Å²) in [5.74, 6) is -0.265. The molecule has 160 valence electrons. The largest absolute Gasteiger partial charge is 0.460 e. The molecule has 0 unspecified atom stereocenters. The van der Waals surface area contributed by atoms with Gasteiger partial charge in [-0.05, 0) is 24.3 Å². The summed E-state index contributed by atoms with van der Waals surface area (Å²) in [5, 5.41) is 0.408. The van der Waals surface area contributed by atoms with Crippen LogP contribution in [-0.4, -0.2) is 5.97 Å². The van der Waals surface area contributed by atoms with Crippen LogP contribution in [0.5, 0.6) is 5.75 Å². The van der Waals surface area contributed by atoms with Gasteiger partial charge in [0.1, 0.15) is 17.9 Å². The van der Waals surface area contributed by atoms with Crippen molar-refractivity contribution >= 4 is 32.9 Å². The van der Waals surface area contributed by atoms with Crippen molar-refractivity contribution < 1.29 is 23.4 Å². The molecule has 4 aromatic rings. The Labute approximate surface area is 191 Å². The van der Waals surface area contributed by atoms with E-state index in [4.69, 9.17) is 18.6 Å². The predicted octanol–water partition coefficient (Wildman–Crippen LogP) is 5.52. The van der Waals surface area contributed by atoms with Crippen LogP contribution in [0.25, 0.3) is 11.0 Å². The monoisotopic (exact) mass is 492 g/mol. The SMILES string of the molecule is O=C(OCc1cc(Br)cc2c1O[C@H](c1ccccc1)OC2)c1cc(=O)c2ccccc2o1. The molecule has 7 heteroatoms. The molecule has 0 N–H and O–H groups in total. The molecule has 2 heterocycles. The van der Waals surface area contributed by atoms with E-state index in [2.05, 4.69) is 15.9 Å². The lowest BCUT2D eigenvalue weighted by Gasteiger charge is -2.28. The molecule has 0 radical (unpaired) electrons. The van der Waals surface area contributed by atoms with Gasteiger partial charge in [-0.2, -0.15) is 0 Å². The van der Waals surface area contributed by atoms with E-state index in [1.54, 1.807) is 24.3 Å². The first-order valence-corrected chi connectivity index (χ1v) is 10.7. The highest BCUT2D eigenvalue weighted by molar-refractivity contribution is 9.10. The van der Waals surface area contributed by atoms with Crippen LogP contribution < -0.4 is 10.2 Å². The summed E-state index contributed by atoms with van der Waals surface area (Å²) in [6.45, 7) is 0.299. The second-order valence-corrected chi connectivity index (χ2v) is 8.19. The maximum absolute atomic E-state index is 12.6. The smallest absolute Gasteiger partial charge is 0.374 e. The summed E-state index contributed by atoms with van der Waals surface area (Å²) < 4.78 is 23.8. The number of halogens is 1. The van der Waals surface area contributed by atoms with Gasteiger partial charge in [0.25, 0.3) is 0 Å². The average Bonchev–Trinajstić information content (AvgIpc) is 2.82. The first-order chi connectivity index (χ1) is 15.6. The lowest BCUT2D eigenvalue weighted by molar-refractivity contribution is -0.112. The number of carbonyl (C=O) groups is 1. The van der Waals surface area contributed by atoms with Gasteiger partial charge < -0.3 is 18.6 Å². The number of hydrogen-bond donors (Lipinski definition) is 0. The molecule has 1 aliphatic rings. The Hall–Kier alpha value is -3.42. The predicted molar refractivity (Wildman–Crippen MR) is 120 cm³/mol. The fourth-order valence-corrected chi connectivity index (χ4v) is 4.13. The zero-order valence-corrected chi connectivity index (χ0v) is 18.3. The van der Waals surface area contributed by atoms with Crippen LogP contribution in [-0.2, 0) is 22.7 Å². The summed E-state index contributed by atoms with van der Waals surface area (Å²) in [6, 6.07) is 21.2. The van der Waals surface area contributed by atoms with Crippen LogP contribution in [0.1, 0.15) is 33.5 Å². The van der Waals surface area contributed by atoms with Crippen molar-refractivity contribution in [3.05, 3.63) is 110 Å². The molecule has 5 rings (SSSR count). The van der Waals surface area contributed by atoms with Gasteiger partial charge in [-0.15, -0.1) is 0 Å². The van der Waals surface area contributed by atoms with Crippen LogP contribution in [0.4, 0.5) is 0 Å². The molecule has 0 spiro atoms. The van der Waals surface area contributed by atoms with Crippen LogP contribution in [0, 0.1) is 0 Å². The zero-order valence-electron chi connectivity index (χ0n) is 16.7. The second kappa shape index (κ2) is 8.61. The maximum atomic E-state index is 12.6. The fourth-order valence-electron chi connectivity index (χ4n) is 3.58. The molecule has 3 aromatic carbocycles. The number of para-hydroxylation sites is 1. The first kappa shape index (κ1) is 20.5. The Bertz CT molecular complexity index is 1360. The van der Waals surface area contributed by atoms with Crippen LogP contribution in [0.15, 0.2) is 86.5 Å². The number of carbonyl (C=O) groups excluding carboxylic acids is 1. The van der Waals surface area contributed by atoms with Crippen LogP contribution in [0.2, 0.25) is 0 Å². The molecule has 0 amide bonds. The highest BCUT2D eigenvalue weighted by Crippen LogP contribution is 2.38. The van der Waals surface area contributed by atoms with Gasteiger partial charge in [0.15, 0.2) is 5.43 Å². The molecule has 0 bridgehead atoms. The summed E-state index contributed by atoms with van der Waals surface area (Å²) in [7, 11) is 0. The topological polar surface area (TPSA) is 75.0 Å². The van der Waals surface area contributed by atoms with Gasteiger partial charge in [0.2, 0.25) is 12.1 Å². The van der Waals surface area contributed by atoms with Gasteiger partial charge in [-0.25, -0.2) is 4.79 Å². The molecule has 0 aliphatic carbocycles. The van der Waals surface area contributed by atoms with Crippen molar-refractivity contribution in [1.82, 2.24) is 0 Å². The van der Waals surface area contributed by atoms with Gasteiger partial charge in [-0.1, -0.05) is 58.4 Å². The van der Waals surface area contributed by atoms with Crippen molar-refractivity contribution in [2.75, 3.05) is 0 Å². The van der Waals surface area contributed by atoms with E-state index in [9.17, 15) is 9.59 Å². The normalized spacial score (nSPS) is 15.1. The summed E-state index contributed by atoms with van der Waals surface area (Å²) in [5.41, 5.74) is 2.44. The fraction of sp³-hybridized carbons (Fsp3) is 0.120. The van der Waals surface area contributed by atoms with E-state index in [-0.39, 0.29) is 17.8 Å². The van der Waals surface area contributed by atoms with Crippen molar-refractivity contribution in [1.29, 1.82) is 0 Å². The maximum Gasteiger partial charge on any atom is 0.374 e. The van der Waals surface area contributed by atoms with E-state index in [1.165, 1.54) is 0 Å². The van der Waals surface area contributed by atoms with E-state index in [0.29, 0.717) is 28.9 Å². The lowest BCUT2D eigenvalue weighted by atomic mass is 10.1. The summed E-state index contributed by atoms with van der Waals surface area (Å²) in [4.78, 5) is 24.9. The van der Waals surface area contributed by atoms with Gasteiger partial charge in [-0.3, -0.25) is 4.79 Å². The third-order valence-electron chi connectivity index (χ3n) is 5.09. The Kier molecular flexibility index (Phi) is 5.51. The van der Waals surface area contributed by atoms with Crippen molar-refractivity contribution in [2.45, 2.75) is 19.5 Å².